The number of carboxylic acids is 1. The number of aliphatic hydroxyl groups excluding tert-OH is 1. The maximum atomic E-state index is 12.8. The zero-order valence-electron chi connectivity index (χ0n) is 11.2. The molecule has 2 rings (SSSR count). The molecule has 0 saturated carbocycles. The lowest BCUT2D eigenvalue weighted by Gasteiger charge is -2.17. The SMILES string of the molecule is O=C([O-])c1cc(Br)c(CO)n(-c2cccc(C(F)(F)F)c2)c1=O. The van der Waals surface area contributed by atoms with Crippen molar-refractivity contribution >= 4 is 21.9 Å². The second-order valence-electron chi connectivity index (χ2n) is 4.49. The minimum absolute atomic E-state index is 0.0520. The summed E-state index contributed by atoms with van der Waals surface area (Å²) < 4.78 is 39.2. The number of aromatic carboxylic acids is 1. The van der Waals surface area contributed by atoms with Crippen LogP contribution in [-0.2, 0) is 12.8 Å². The van der Waals surface area contributed by atoms with Gasteiger partial charge in [0.05, 0.1) is 29.4 Å². The van der Waals surface area contributed by atoms with Crippen LogP contribution in [0.25, 0.3) is 5.69 Å². The molecule has 0 fully saturated rings. The van der Waals surface area contributed by atoms with E-state index in [0.29, 0.717) is 10.6 Å². The topological polar surface area (TPSA) is 82.4 Å². The van der Waals surface area contributed by atoms with E-state index in [1.54, 1.807) is 0 Å². The van der Waals surface area contributed by atoms with Gasteiger partial charge in [0.25, 0.3) is 5.56 Å². The maximum absolute atomic E-state index is 12.8. The van der Waals surface area contributed by atoms with Crippen molar-refractivity contribution in [2.24, 2.45) is 0 Å². The normalized spacial score (nSPS) is 11.5. The highest BCUT2D eigenvalue weighted by atomic mass is 79.9. The van der Waals surface area contributed by atoms with Crippen molar-refractivity contribution in [1.82, 2.24) is 4.57 Å². The molecular weight excluding hydrogens is 383 g/mol. The molecule has 0 amide bonds. The van der Waals surface area contributed by atoms with Gasteiger partial charge in [-0.2, -0.15) is 13.2 Å². The Morgan fingerprint density at radius 1 is 1.30 bits per heavy atom. The molecule has 0 bridgehead atoms. The van der Waals surface area contributed by atoms with Crippen molar-refractivity contribution in [2.75, 3.05) is 0 Å². The Morgan fingerprint density at radius 2 is 1.96 bits per heavy atom. The molecule has 0 aliphatic rings. The van der Waals surface area contributed by atoms with Gasteiger partial charge in [0.1, 0.15) is 0 Å². The fourth-order valence-electron chi connectivity index (χ4n) is 2.01. The average Bonchev–Trinajstić information content (AvgIpc) is 2.47. The molecular formula is C14H8BrF3NO4-. The quantitative estimate of drug-likeness (QED) is 0.860. The molecule has 1 heterocycles. The van der Waals surface area contributed by atoms with E-state index in [0.717, 1.165) is 18.2 Å². The van der Waals surface area contributed by atoms with Crippen molar-refractivity contribution in [2.45, 2.75) is 12.8 Å². The molecule has 122 valence electrons. The van der Waals surface area contributed by atoms with E-state index in [1.165, 1.54) is 6.07 Å². The summed E-state index contributed by atoms with van der Waals surface area (Å²) in [6.07, 6.45) is -4.64. The van der Waals surface area contributed by atoms with Crippen molar-refractivity contribution in [3.63, 3.8) is 0 Å². The Bertz CT molecular complexity index is 830. The van der Waals surface area contributed by atoms with Crippen LogP contribution in [0.4, 0.5) is 13.2 Å². The highest BCUT2D eigenvalue weighted by Crippen LogP contribution is 2.30. The lowest BCUT2D eigenvalue weighted by atomic mass is 10.1. The Labute approximate surface area is 135 Å². The van der Waals surface area contributed by atoms with Crippen LogP contribution < -0.4 is 10.7 Å². The van der Waals surface area contributed by atoms with E-state index in [1.807, 2.05) is 0 Å². The van der Waals surface area contributed by atoms with Gasteiger partial charge in [-0.3, -0.25) is 9.36 Å². The number of halogens is 4. The lowest BCUT2D eigenvalue weighted by Crippen LogP contribution is -2.34. The van der Waals surface area contributed by atoms with Crippen LogP contribution in [0.2, 0.25) is 0 Å². The molecule has 0 aliphatic heterocycles. The third-order valence-electron chi connectivity index (χ3n) is 3.05. The van der Waals surface area contributed by atoms with Crippen LogP contribution in [0.1, 0.15) is 21.6 Å². The Morgan fingerprint density at radius 3 is 2.48 bits per heavy atom. The number of carboxylic acid groups (broad SMARTS) is 1. The minimum atomic E-state index is -4.64. The number of rotatable bonds is 3. The average molecular weight is 391 g/mol. The number of carbonyl (C=O) groups excluding carboxylic acids is 1. The number of nitrogens with zero attached hydrogens (tertiary/aromatic N) is 1. The molecule has 23 heavy (non-hydrogen) atoms. The monoisotopic (exact) mass is 390 g/mol. The molecule has 1 aromatic heterocycles. The summed E-state index contributed by atoms with van der Waals surface area (Å²) in [5, 5.41) is 20.4. The van der Waals surface area contributed by atoms with E-state index >= 15 is 0 Å². The van der Waals surface area contributed by atoms with Crippen LogP contribution in [-0.4, -0.2) is 15.6 Å². The molecule has 5 nitrogen and oxygen atoms in total. The van der Waals surface area contributed by atoms with E-state index in [2.05, 4.69) is 15.9 Å². The molecule has 9 heteroatoms. The summed E-state index contributed by atoms with van der Waals surface area (Å²) in [4.78, 5) is 23.2. The van der Waals surface area contributed by atoms with Crippen molar-refractivity contribution in [1.29, 1.82) is 0 Å². The molecule has 0 spiro atoms. The Balaban J connectivity index is 2.82. The van der Waals surface area contributed by atoms with E-state index in [9.17, 15) is 33.0 Å². The second kappa shape index (κ2) is 6.17. The predicted molar refractivity (Wildman–Crippen MR) is 75.0 cm³/mol. The molecule has 0 saturated heterocycles. The van der Waals surface area contributed by atoms with Crippen molar-refractivity contribution < 1.29 is 28.2 Å². The summed E-state index contributed by atoms with van der Waals surface area (Å²) in [7, 11) is 0. The first-order chi connectivity index (χ1) is 10.7. The van der Waals surface area contributed by atoms with Gasteiger partial charge in [-0.25, -0.2) is 0 Å². The first-order valence-corrected chi connectivity index (χ1v) is 6.90. The smallest absolute Gasteiger partial charge is 0.416 e. The number of hydrogen-bond acceptors (Lipinski definition) is 4. The van der Waals surface area contributed by atoms with Crippen molar-refractivity contribution in [3.05, 3.63) is 62.0 Å². The summed E-state index contributed by atoms with van der Waals surface area (Å²) in [6.45, 7) is -0.695. The molecule has 2 aromatic rings. The second-order valence-corrected chi connectivity index (χ2v) is 5.34. The van der Waals surface area contributed by atoms with E-state index in [4.69, 9.17) is 0 Å². The van der Waals surface area contributed by atoms with Crippen LogP contribution in [0.3, 0.4) is 0 Å². The number of carbonyl (C=O) groups is 1. The van der Waals surface area contributed by atoms with Crippen LogP contribution in [0.15, 0.2) is 39.6 Å². The van der Waals surface area contributed by atoms with Gasteiger partial charge in [0.15, 0.2) is 0 Å². The largest absolute Gasteiger partial charge is 0.545 e. The summed E-state index contributed by atoms with van der Waals surface area (Å²) >= 11 is 2.98. The van der Waals surface area contributed by atoms with Crippen molar-refractivity contribution in [3.8, 4) is 5.69 Å². The summed E-state index contributed by atoms with van der Waals surface area (Å²) in [6, 6.07) is 4.71. The zero-order chi connectivity index (χ0) is 17.4. The molecule has 1 N–H and O–H groups in total. The number of aliphatic hydroxyl groups is 1. The lowest BCUT2D eigenvalue weighted by molar-refractivity contribution is -0.255. The fraction of sp³-hybridized carbons (Fsp3) is 0.143. The Hall–Kier alpha value is -2.13. The van der Waals surface area contributed by atoms with Gasteiger partial charge in [-0.1, -0.05) is 6.07 Å². The highest BCUT2D eigenvalue weighted by molar-refractivity contribution is 9.10. The van der Waals surface area contributed by atoms with Gasteiger partial charge in [-0.05, 0) is 40.2 Å². The van der Waals surface area contributed by atoms with Crippen LogP contribution >= 0.6 is 15.9 Å². The minimum Gasteiger partial charge on any atom is -0.545 e. The number of hydrogen-bond donors (Lipinski definition) is 1. The first kappa shape index (κ1) is 17.2. The standard InChI is InChI=1S/C14H9BrF3NO4/c15-10-5-9(13(22)23)12(21)19(11(10)6-20)8-3-1-2-7(4-8)14(16,17)18/h1-5,20H,6H2,(H,22,23)/p-1. The van der Waals surface area contributed by atoms with Gasteiger partial charge >= 0.3 is 6.18 Å². The highest BCUT2D eigenvalue weighted by Gasteiger charge is 2.30. The van der Waals surface area contributed by atoms with Crippen LogP contribution in [0.5, 0.6) is 0 Å². The molecule has 0 radical (unpaired) electrons. The summed E-state index contributed by atoms with van der Waals surface area (Å²) in [5.74, 6) is -1.78. The summed E-state index contributed by atoms with van der Waals surface area (Å²) in [5.41, 5.74) is -3.17. The van der Waals surface area contributed by atoms with Gasteiger partial charge in [-0.15, -0.1) is 0 Å². The van der Waals surface area contributed by atoms with Gasteiger partial charge in [0.2, 0.25) is 0 Å². The predicted octanol–water partition coefficient (Wildman–Crippen LogP) is 1.47. The Kier molecular flexibility index (Phi) is 4.62. The van der Waals surface area contributed by atoms with Gasteiger partial charge in [0, 0.05) is 10.2 Å². The molecule has 1 aromatic carbocycles. The third kappa shape index (κ3) is 3.30. The van der Waals surface area contributed by atoms with Gasteiger partial charge < -0.3 is 15.0 Å². The fourth-order valence-corrected chi connectivity index (χ4v) is 2.54. The van der Waals surface area contributed by atoms with Crippen LogP contribution in [0, 0.1) is 0 Å². The number of aromatic nitrogens is 1. The molecule has 0 unspecified atom stereocenters. The van der Waals surface area contributed by atoms with E-state index in [-0.39, 0.29) is 15.9 Å². The third-order valence-corrected chi connectivity index (χ3v) is 3.74. The van der Waals surface area contributed by atoms with E-state index < -0.39 is 35.4 Å². The first-order valence-electron chi connectivity index (χ1n) is 6.11. The maximum Gasteiger partial charge on any atom is 0.416 e. The zero-order valence-corrected chi connectivity index (χ0v) is 12.8. The molecule has 0 aliphatic carbocycles. The molecule has 0 atom stereocenters. The number of benzene rings is 1. The number of alkyl halides is 3. The number of pyridine rings is 1.